The Morgan fingerprint density at radius 2 is 2.11 bits per heavy atom. The lowest BCUT2D eigenvalue weighted by molar-refractivity contribution is 0.148. The van der Waals surface area contributed by atoms with Gasteiger partial charge in [0.25, 0.3) is 0 Å². The van der Waals surface area contributed by atoms with Crippen LogP contribution in [0.15, 0.2) is 30.3 Å². The van der Waals surface area contributed by atoms with Crippen molar-refractivity contribution >= 4 is 28.3 Å². The zero-order valence-corrected chi connectivity index (χ0v) is 11.9. The topological polar surface area (TPSA) is 48.4 Å². The minimum absolute atomic E-state index is 0.419. The van der Waals surface area contributed by atoms with Crippen LogP contribution in [0.25, 0.3) is 10.9 Å². The number of nitrogens with one attached hydrogen (secondary N) is 1. The Bertz CT molecular complexity index is 559. The normalized spacial score (nSPS) is 12.9. The van der Waals surface area contributed by atoms with Crippen molar-refractivity contribution in [2.75, 3.05) is 32.5 Å². The second-order valence-electron chi connectivity index (χ2n) is 4.83. The van der Waals surface area contributed by atoms with Crippen molar-refractivity contribution in [1.29, 1.82) is 0 Å². The lowest BCUT2D eigenvalue weighted by atomic mass is 10.2. The number of aromatic nitrogens is 1. The summed E-state index contributed by atoms with van der Waals surface area (Å²) < 4.78 is 0. The first-order valence-corrected chi connectivity index (χ1v) is 6.55. The van der Waals surface area contributed by atoms with E-state index in [1.807, 2.05) is 49.3 Å². The molecule has 1 heterocycles. The van der Waals surface area contributed by atoms with Crippen LogP contribution < -0.4 is 5.32 Å². The number of anilines is 1. The van der Waals surface area contributed by atoms with Gasteiger partial charge in [-0.1, -0.05) is 11.6 Å². The molecule has 0 unspecified atom stereocenters. The molecule has 1 aromatic heterocycles. The highest BCUT2D eigenvalue weighted by Crippen LogP contribution is 2.19. The molecule has 2 aromatic rings. The number of halogens is 1. The van der Waals surface area contributed by atoms with Gasteiger partial charge >= 0.3 is 0 Å². The smallest absolute Gasteiger partial charge is 0.126 e. The maximum absolute atomic E-state index is 9.78. The molecule has 4 nitrogen and oxygen atoms in total. The maximum Gasteiger partial charge on any atom is 0.126 e. The Kier molecular flexibility index (Phi) is 4.58. The summed E-state index contributed by atoms with van der Waals surface area (Å²) >= 11 is 5.93. The van der Waals surface area contributed by atoms with Crippen LogP contribution in [0.2, 0.25) is 5.02 Å². The van der Waals surface area contributed by atoms with E-state index in [1.54, 1.807) is 0 Å². The molecule has 0 bridgehead atoms. The molecule has 0 saturated carbocycles. The average Bonchev–Trinajstić information content (AvgIpc) is 2.35. The molecule has 1 aromatic carbocycles. The van der Waals surface area contributed by atoms with Crippen LogP contribution in [0.1, 0.15) is 0 Å². The van der Waals surface area contributed by atoms with Crippen molar-refractivity contribution in [1.82, 2.24) is 9.88 Å². The summed E-state index contributed by atoms with van der Waals surface area (Å²) in [6, 6.07) is 9.45. The van der Waals surface area contributed by atoms with Crippen LogP contribution >= 0.6 is 11.6 Å². The first-order chi connectivity index (χ1) is 9.04. The van der Waals surface area contributed by atoms with E-state index >= 15 is 0 Å². The van der Waals surface area contributed by atoms with Crippen LogP contribution in [0, 0.1) is 0 Å². The van der Waals surface area contributed by atoms with Crippen molar-refractivity contribution in [3.63, 3.8) is 0 Å². The van der Waals surface area contributed by atoms with E-state index in [4.69, 9.17) is 11.6 Å². The fourth-order valence-corrected chi connectivity index (χ4v) is 2.08. The van der Waals surface area contributed by atoms with Crippen LogP contribution in [0.5, 0.6) is 0 Å². The SMILES string of the molecule is CN(C)C[C@H](O)CNc1ccc2cc(Cl)ccc2n1. The molecule has 0 amide bonds. The van der Waals surface area contributed by atoms with E-state index in [-0.39, 0.29) is 0 Å². The molecule has 0 radical (unpaired) electrons. The molecule has 2 N–H and O–H groups in total. The molecule has 0 aliphatic heterocycles. The number of likely N-dealkylation sites (N-methyl/N-ethyl adjacent to an activating group) is 1. The van der Waals surface area contributed by atoms with Gasteiger partial charge in [-0.3, -0.25) is 0 Å². The molecular weight excluding hydrogens is 262 g/mol. The Morgan fingerprint density at radius 1 is 1.32 bits per heavy atom. The first-order valence-electron chi connectivity index (χ1n) is 6.17. The monoisotopic (exact) mass is 279 g/mol. The Hall–Kier alpha value is -1.36. The highest BCUT2D eigenvalue weighted by Gasteiger charge is 2.06. The van der Waals surface area contributed by atoms with Crippen molar-refractivity contribution in [3.05, 3.63) is 35.4 Å². The summed E-state index contributed by atoms with van der Waals surface area (Å²) in [5, 5.41) is 14.6. The van der Waals surface area contributed by atoms with Crippen molar-refractivity contribution in [2.24, 2.45) is 0 Å². The second kappa shape index (κ2) is 6.19. The third kappa shape index (κ3) is 4.06. The Labute approximate surface area is 118 Å². The molecule has 0 saturated heterocycles. The highest BCUT2D eigenvalue weighted by atomic mass is 35.5. The van der Waals surface area contributed by atoms with Gasteiger partial charge in [-0.2, -0.15) is 0 Å². The third-order valence-corrected chi connectivity index (χ3v) is 2.98. The highest BCUT2D eigenvalue weighted by molar-refractivity contribution is 6.31. The second-order valence-corrected chi connectivity index (χ2v) is 5.27. The van der Waals surface area contributed by atoms with Gasteiger partial charge in [-0.05, 0) is 44.4 Å². The Morgan fingerprint density at radius 3 is 2.84 bits per heavy atom. The van der Waals surface area contributed by atoms with Gasteiger partial charge in [-0.15, -0.1) is 0 Å². The molecule has 0 aliphatic carbocycles. The van der Waals surface area contributed by atoms with E-state index in [0.717, 1.165) is 16.7 Å². The number of pyridine rings is 1. The average molecular weight is 280 g/mol. The fraction of sp³-hybridized carbons (Fsp3) is 0.357. The summed E-state index contributed by atoms with van der Waals surface area (Å²) in [7, 11) is 3.86. The molecule has 102 valence electrons. The molecule has 19 heavy (non-hydrogen) atoms. The lowest BCUT2D eigenvalue weighted by Crippen LogP contribution is -2.31. The predicted octanol–water partition coefficient (Wildman–Crippen LogP) is 2.22. The number of hydrogen-bond donors (Lipinski definition) is 2. The number of aliphatic hydroxyl groups is 1. The summed E-state index contributed by atoms with van der Waals surface area (Å²) in [5.74, 6) is 0.757. The van der Waals surface area contributed by atoms with E-state index in [2.05, 4.69) is 10.3 Å². The van der Waals surface area contributed by atoms with Gasteiger partial charge in [0.2, 0.25) is 0 Å². The maximum atomic E-state index is 9.78. The van der Waals surface area contributed by atoms with E-state index in [1.165, 1.54) is 0 Å². The van der Waals surface area contributed by atoms with Crippen LogP contribution in [0.4, 0.5) is 5.82 Å². The summed E-state index contributed by atoms with van der Waals surface area (Å²) in [5.41, 5.74) is 0.886. The number of benzene rings is 1. The number of nitrogens with zero attached hydrogens (tertiary/aromatic N) is 2. The van der Waals surface area contributed by atoms with Gasteiger partial charge in [0.15, 0.2) is 0 Å². The minimum Gasteiger partial charge on any atom is -0.390 e. The molecule has 0 aliphatic rings. The summed E-state index contributed by atoms with van der Waals surface area (Å²) in [6.07, 6.45) is -0.419. The number of hydrogen-bond acceptors (Lipinski definition) is 4. The van der Waals surface area contributed by atoms with Crippen molar-refractivity contribution in [3.8, 4) is 0 Å². The Balaban J connectivity index is 2.03. The van der Waals surface area contributed by atoms with E-state index < -0.39 is 6.10 Å². The molecule has 5 heteroatoms. The largest absolute Gasteiger partial charge is 0.390 e. The van der Waals surface area contributed by atoms with Gasteiger partial charge in [0.1, 0.15) is 5.82 Å². The molecular formula is C14H18ClN3O. The molecule has 1 atom stereocenters. The zero-order valence-electron chi connectivity index (χ0n) is 11.1. The quantitative estimate of drug-likeness (QED) is 0.881. The summed E-state index contributed by atoms with van der Waals surface area (Å²) in [4.78, 5) is 6.42. The zero-order chi connectivity index (χ0) is 13.8. The number of fused-ring (bicyclic) bond motifs is 1. The van der Waals surface area contributed by atoms with E-state index in [9.17, 15) is 5.11 Å². The predicted molar refractivity (Wildman–Crippen MR) is 79.8 cm³/mol. The van der Waals surface area contributed by atoms with Crippen LogP contribution in [-0.4, -0.2) is 48.3 Å². The van der Waals surface area contributed by atoms with Crippen molar-refractivity contribution < 1.29 is 5.11 Å². The third-order valence-electron chi connectivity index (χ3n) is 2.75. The van der Waals surface area contributed by atoms with E-state index in [0.29, 0.717) is 18.1 Å². The van der Waals surface area contributed by atoms with Crippen molar-refractivity contribution in [2.45, 2.75) is 6.10 Å². The molecule has 0 spiro atoms. The van der Waals surface area contributed by atoms with Gasteiger partial charge in [0.05, 0.1) is 11.6 Å². The number of aliphatic hydroxyl groups excluding tert-OH is 1. The fourth-order valence-electron chi connectivity index (χ4n) is 1.90. The minimum atomic E-state index is -0.419. The van der Waals surface area contributed by atoms with Gasteiger partial charge in [0, 0.05) is 23.5 Å². The van der Waals surface area contributed by atoms with Crippen LogP contribution in [-0.2, 0) is 0 Å². The summed E-state index contributed by atoms with van der Waals surface area (Å²) in [6.45, 7) is 1.10. The van der Waals surface area contributed by atoms with Gasteiger partial charge < -0.3 is 15.3 Å². The van der Waals surface area contributed by atoms with Crippen LogP contribution in [0.3, 0.4) is 0 Å². The lowest BCUT2D eigenvalue weighted by Gasteiger charge is -2.16. The number of rotatable bonds is 5. The first kappa shape index (κ1) is 14.1. The molecule has 0 fully saturated rings. The molecule has 2 rings (SSSR count). The van der Waals surface area contributed by atoms with Gasteiger partial charge in [-0.25, -0.2) is 4.98 Å². The standard InChI is InChI=1S/C14H18ClN3O/c1-18(2)9-12(19)8-16-14-6-3-10-7-11(15)4-5-13(10)17-14/h3-7,12,19H,8-9H2,1-2H3,(H,16,17)/t12-/m1/s1.